The van der Waals surface area contributed by atoms with Gasteiger partial charge in [-0.15, -0.1) is 0 Å². The van der Waals surface area contributed by atoms with Gasteiger partial charge in [0.25, 0.3) is 0 Å². The van der Waals surface area contributed by atoms with Crippen molar-refractivity contribution < 1.29 is 17.9 Å². The molecule has 3 aromatic carbocycles. The molecule has 0 saturated heterocycles. The van der Waals surface area contributed by atoms with Crippen LogP contribution in [-0.4, -0.2) is 15.0 Å². The average molecular weight is 491 g/mol. The minimum Gasteiger partial charge on any atom is -0.490 e. The molecule has 0 aromatic heterocycles. The third-order valence-electron chi connectivity index (χ3n) is 4.32. The van der Waals surface area contributed by atoms with Crippen molar-refractivity contribution in [3.05, 3.63) is 82.3 Å². The van der Waals surface area contributed by atoms with E-state index in [1.165, 1.54) is 12.1 Å². The molecule has 3 N–H and O–H groups in total. The molecule has 0 saturated carbocycles. The summed E-state index contributed by atoms with van der Waals surface area (Å²) >= 11 is 3.60. The van der Waals surface area contributed by atoms with Crippen molar-refractivity contribution in [2.24, 2.45) is 5.14 Å². The van der Waals surface area contributed by atoms with Gasteiger partial charge in [0.05, 0.1) is 11.5 Å². The molecular formula is C22H23BrN2O4S. The number of ether oxygens (including phenoxy) is 2. The second kappa shape index (κ2) is 9.97. The molecular weight excluding hydrogens is 468 g/mol. The highest BCUT2D eigenvalue weighted by molar-refractivity contribution is 9.10. The van der Waals surface area contributed by atoms with Crippen molar-refractivity contribution in [1.29, 1.82) is 0 Å². The van der Waals surface area contributed by atoms with Gasteiger partial charge in [-0.3, -0.25) is 0 Å². The zero-order chi connectivity index (χ0) is 21.6. The van der Waals surface area contributed by atoms with Crippen LogP contribution in [0.1, 0.15) is 18.1 Å². The molecule has 0 fully saturated rings. The molecule has 158 valence electrons. The summed E-state index contributed by atoms with van der Waals surface area (Å²) in [5, 5.41) is 8.40. The molecule has 3 aromatic rings. The molecule has 0 bridgehead atoms. The lowest BCUT2D eigenvalue weighted by Crippen LogP contribution is -2.12. The van der Waals surface area contributed by atoms with Crippen LogP contribution in [0.2, 0.25) is 0 Å². The van der Waals surface area contributed by atoms with Gasteiger partial charge in [0, 0.05) is 16.7 Å². The van der Waals surface area contributed by atoms with E-state index in [0.717, 1.165) is 21.3 Å². The highest BCUT2D eigenvalue weighted by Gasteiger charge is 2.12. The van der Waals surface area contributed by atoms with Gasteiger partial charge < -0.3 is 14.8 Å². The van der Waals surface area contributed by atoms with Gasteiger partial charge in [0.15, 0.2) is 11.5 Å². The Morgan fingerprint density at radius 3 is 2.27 bits per heavy atom. The summed E-state index contributed by atoms with van der Waals surface area (Å²) in [6, 6.07) is 20.1. The second-order valence-electron chi connectivity index (χ2n) is 6.52. The fraction of sp³-hybridized carbons (Fsp3) is 0.182. The van der Waals surface area contributed by atoms with E-state index in [2.05, 4.69) is 21.2 Å². The summed E-state index contributed by atoms with van der Waals surface area (Å²) in [5.74, 6) is 1.33. The first-order valence-electron chi connectivity index (χ1n) is 9.35. The fourth-order valence-electron chi connectivity index (χ4n) is 2.79. The first-order valence-corrected chi connectivity index (χ1v) is 11.7. The van der Waals surface area contributed by atoms with Crippen LogP contribution in [0.4, 0.5) is 5.69 Å². The zero-order valence-electron chi connectivity index (χ0n) is 16.5. The largest absolute Gasteiger partial charge is 0.490 e. The lowest BCUT2D eigenvalue weighted by molar-refractivity contribution is 0.269. The van der Waals surface area contributed by atoms with E-state index in [1.807, 2.05) is 49.4 Å². The van der Waals surface area contributed by atoms with E-state index in [4.69, 9.17) is 14.6 Å². The standard InChI is InChI=1S/C22H23BrN2O4S/c1-2-28-21-12-17(14-25-18-8-10-19(11-9-18)30(24,26)27)20(23)13-22(21)29-15-16-6-4-3-5-7-16/h3-13,25H,2,14-15H2,1H3,(H2,24,26,27). The Balaban J connectivity index is 1.72. The Morgan fingerprint density at radius 1 is 0.967 bits per heavy atom. The molecule has 0 atom stereocenters. The molecule has 0 heterocycles. The number of rotatable bonds is 9. The third-order valence-corrected chi connectivity index (χ3v) is 5.98. The number of hydrogen-bond donors (Lipinski definition) is 2. The summed E-state index contributed by atoms with van der Waals surface area (Å²) in [7, 11) is -3.70. The Bertz CT molecular complexity index is 1090. The number of hydrogen-bond acceptors (Lipinski definition) is 5. The summed E-state index contributed by atoms with van der Waals surface area (Å²) in [6.45, 7) is 3.40. The van der Waals surface area contributed by atoms with Gasteiger partial charge in [-0.05, 0) is 54.4 Å². The maximum Gasteiger partial charge on any atom is 0.238 e. The molecule has 0 amide bonds. The molecule has 8 heteroatoms. The van der Waals surface area contributed by atoms with E-state index in [9.17, 15) is 8.42 Å². The van der Waals surface area contributed by atoms with Crippen LogP contribution in [0.3, 0.4) is 0 Å². The predicted molar refractivity (Wildman–Crippen MR) is 121 cm³/mol. The number of halogens is 1. The molecule has 6 nitrogen and oxygen atoms in total. The summed E-state index contributed by atoms with van der Waals surface area (Å²) in [5.41, 5.74) is 2.82. The van der Waals surface area contributed by atoms with E-state index in [1.54, 1.807) is 12.1 Å². The van der Waals surface area contributed by atoms with Crippen LogP contribution < -0.4 is 19.9 Å². The van der Waals surface area contributed by atoms with E-state index in [-0.39, 0.29) is 4.90 Å². The first-order chi connectivity index (χ1) is 14.4. The second-order valence-corrected chi connectivity index (χ2v) is 8.94. The molecule has 0 spiro atoms. The van der Waals surface area contributed by atoms with Crippen LogP contribution in [-0.2, 0) is 23.2 Å². The van der Waals surface area contributed by atoms with Gasteiger partial charge >= 0.3 is 0 Å². The first kappa shape index (κ1) is 22.1. The lowest BCUT2D eigenvalue weighted by atomic mass is 10.2. The van der Waals surface area contributed by atoms with E-state index >= 15 is 0 Å². The Morgan fingerprint density at radius 2 is 1.63 bits per heavy atom. The zero-order valence-corrected chi connectivity index (χ0v) is 18.9. The van der Waals surface area contributed by atoms with Crippen molar-refractivity contribution in [3.8, 4) is 11.5 Å². The smallest absolute Gasteiger partial charge is 0.238 e. The van der Waals surface area contributed by atoms with Gasteiger partial charge in [0.1, 0.15) is 6.61 Å². The summed E-state index contributed by atoms with van der Waals surface area (Å²) in [4.78, 5) is 0.0766. The number of nitrogens with two attached hydrogens (primary N) is 1. The van der Waals surface area contributed by atoms with Crippen LogP contribution in [0.15, 0.2) is 76.1 Å². The number of sulfonamides is 1. The van der Waals surface area contributed by atoms with Crippen LogP contribution in [0, 0.1) is 0 Å². The monoisotopic (exact) mass is 490 g/mol. The molecule has 3 rings (SSSR count). The van der Waals surface area contributed by atoms with Crippen molar-refractivity contribution in [3.63, 3.8) is 0 Å². The van der Waals surface area contributed by atoms with Gasteiger partial charge in [-0.25, -0.2) is 13.6 Å². The molecule has 0 aliphatic carbocycles. The number of primary sulfonamides is 1. The summed E-state index contributed by atoms with van der Waals surface area (Å²) in [6.07, 6.45) is 0. The van der Waals surface area contributed by atoms with E-state index < -0.39 is 10.0 Å². The minimum atomic E-state index is -3.70. The Labute approximate surface area is 185 Å². The van der Waals surface area contributed by atoms with E-state index in [0.29, 0.717) is 31.3 Å². The Kier molecular flexibility index (Phi) is 7.36. The highest BCUT2D eigenvalue weighted by atomic mass is 79.9. The maximum absolute atomic E-state index is 11.4. The van der Waals surface area contributed by atoms with Crippen LogP contribution >= 0.6 is 15.9 Å². The van der Waals surface area contributed by atoms with Crippen LogP contribution in [0.5, 0.6) is 11.5 Å². The van der Waals surface area contributed by atoms with Crippen molar-refractivity contribution in [2.75, 3.05) is 11.9 Å². The number of nitrogens with one attached hydrogen (secondary N) is 1. The maximum atomic E-state index is 11.4. The molecule has 0 aliphatic heterocycles. The Hall–Kier alpha value is -2.55. The SMILES string of the molecule is CCOc1cc(CNc2ccc(S(N)(=O)=O)cc2)c(Br)cc1OCc1ccccc1. The summed E-state index contributed by atoms with van der Waals surface area (Å²) < 4.78 is 35.4. The van der Waals surface area contributed by atoms with Gasteiger partial charge in [0.2, 0.25) is 10.0 Å². The molecule has 30 heavy (non-hydrogen) atoms. The quantitative estimate of drug-likeness (QED) is 0.454. The molecule has 0 radical (unpaired) electrons. The van der Waals surface area contributed by atoms with Crippen molar-refractivity contribution in [1.82, 2.24) is 0 Å². The normalized spacial score (nSPS) is 11.2. The molecule has 0 unspecified atom stereocenters. The highest BCUT2D eigenvalue weighted by Crippen LogP contribution is 2.35. The number of anilines is 1. The third kappa shape index (κ3) is 5.98. The lowest BCUT2D eigenvalue weighted by Gasteiger charge is -2.16. The minimum absolute atomic E-state index is 0.0766. The number of benzene rings is 3. The fourth-order valence-corrected chi connectivity index (χ4v) is 3.77. The van der Waals surface area contributed by atoms with Gasteiger partial charge in [-0.2, -0.15) is 0 Å². The predicted octanol–water partition coefficient (Wildman–Crippen LogP) is 4.69. The molecule has 0 aliphatic rings. The van der Waals surface area contributed by atoms with Gasteiger partial charge in [-0.1, -0.05) is 46.3 Å². The van der Waals surface area contributed by atoms with Crippen LogP contribution in [0.25, 0.3) is 0 Å². The van der Waals surface area contributed by atoms with Crippen molar-refractivity contribution >= 4 is 31.6 Å². The van der Waals surface area contributed by atoms with Crippen molar-refractivity contribution in [2.45, 2.75) is 25.0 Å². The topological polar surface area (TPSA) is 90.6 Å². The average Bonchev–Trinajstić information content (AvgIpc) is 2.73.